The van der Waals surface area contributed by atoms with Gasteiger partial charge in [-0.2, -0.15) is 4.57 Å². The lowest BCUT2D eigenvalue weighted by atomic mass is 10.1. The van der Waals surface area contributed by atoms with Crippen molar-refractivity contribution in [2.24, 2.45) is 0 Å². The van der Waals surface area contributed by atoms with Gasteiger partial charge in [0.05, 0.1) is 0 Å². The van der Waals surface area contributed by atoms with Crippen LogP contribution < -0.4 is 21.5 Å². The molecule has 0 N–H and O–H groups in total. The van der Waals surface area contributed by atoms with E-state index in [0.29, 0.717) is 0 Å². The Morgan fingerprint density at radius 3 is 2.33 bits per heavy atom. The summed E-state index contributed by atoms with van der Waals surface area (Å²) in [5.41, 5.74) is 2.65. The SMILES string of the molecule is CCCCCc1cccc[n+]1-c1ccccc1.[Br-]. The summed E-state index contributed by atoms with van der Waals surface area (Å²) in [5, 5.41) is 0. The van der Waals surface area contributed by atoms with Crippen molar-refractivity contribution in [2.45, 2.75) is 32.6 Å². The van der Waals surface area contributed by atoms with Gasteiger partial charge in [-0.25, -0.2) is 0 Å². The minimum absolute atomic E-state index is 0. The zero-order valence-electron chi connectivity index (χ0n) is 10.8. The van der Waals surface area contributed by atoms with Crippen molar-refractivity contribution in [1.82, 2.24) is 0 Å². The molecule has 0 saturated carbocycles. The average molecular weight is 306 g/mol. The summed E-state index contributed by atoms with van der Waals surface area (Å²) in [7, 11) is 0. The van der Waals surface area contributed by atoms with Crippen LogP contribution in [-0.4, -0.2) is 0 Å². The van der Waals surface area contributed by atoms with E-state index in [2.05, 4.69) is 66.2 Å². The van der Waals surface area contributed by atoms with Crippen LogP contribution in [0.2, 0.25) is 0 Å². The van der Waals surface area contributed by atoms with Gasteiger partial charge in [0, 0.05) is 30.7 Å². The Kier molecular flexibility index (Phi) is 6.66. The highest BCUT2D eigenvalue weighted by Crippen LogP contribution is 2.05. The topological polar surface area (TPSA) is 3.88 Å². The number of unbranched alkanes of at least 4 members (excludes halogenated alkanes) is 2. The summed E-state index contributed by atoms with van der Waals surface area (Å²) < 4.78 is 2.29. The van der Waals surface area contributed by atoms with Gasteiger partial charge in [0.25, 0.3) is 0 Å². The van der Waals surface area contributed by atoms with Crippen LogP contribution in [0, 0.1) is 0 Å². The molecule has 0 fully saturated rings. The van der Waals surface area contributed by atoms with Gasteiger partial charge in [-0.15, -0.1) is 0 Å². The molecule has 1 aromatic heterocycles. The Morgan fingerprint density at radius 1 is 0.889 bits per heavy atom. The number of para-hydroxylation sites is 1. The third-order valence-electron chi connectivity index (χ3n) is 3.02. The number of nitrogens with zero attached hydrogens (tertiary/aromatic N) is 1. The Morgan fingerprint density at radius 2 is 1.61 bits per heavy atom. The van der Waals surface area contributed by atoms with Crippen molar-refractivity contribution in [3.05, 3.63) is 60.4 Å². The molecule has 0 spiro atoms. The molecule has 0 atom stereocenters. The second-order valence-electron chi connectivity index (χ2n) is 4.35. The van der Waals surface area contributed by atoms with Crippen molar-refractivity contribution in [3.63, 3.8) is 0 Å². The smallest absolute Gasteiger partial charge is 0.210 e. The number of hydrogen-bond acceptors (Lipinski definition) is 0. The van der Waals surface area contributed by atoms with Crippen LogP contribution in [0.4, 0.5) is 0 Å². The molecule has 0 amide bonds. The second kappa shape index (κ2) is 8.04. The largest absolute Gasteiger partial charge is 1.00 e. The van der Waals surface area contributed by atoms with E-state index in [1.54, 1.807) is 0 Å². The third kappa shape index (κ3) is 3.95. The molecule has 0 aliphatic carbocycles. The van der Waals surface area contributed by atoms with Crippen LogP contribution in [-0.2, 0) is 6.42 Å². The fraction of sp³-hybridized carbons (Fsp3) is 0.312. The van der Waals surface area contributed by atoms with E-state index in [-0.39, 0.29) is 17.0 Å². The fourth-order valence-electron chi connectivity index (χ4n) is 2.08. The first-order valence-corrected chi connectivity index (χ1v) is 6.47. The summed E-state index contributed by atoms with van der Waals surface area (Å²) in [4.78, 5) is 0. The summed E-state index contributed by atoms with van der Waals surface area (Å²) in [6, 6.07) is 17.0. The molecule has 2 heteroatoms. The monoisotopic (exact) mass is 305 g/mol. The first kappa shape index (κ1) is 14.9. The molecule has 0 unspecified atom stereocenters. The molecule has 0 aliphatic rings. The quantitative estimate of drug-likeness (QED) is 0.566. The van der Waals surface area contributed by atoms with E-state index in [1.165, 1.54) is 30.6 Å². The molecular weight excluding hydrogens is 286 g/mol. The van der Waals surface area contributed by atoms with Gasteiger partial charge < -0.3 is 17.0 Å². The number of rotatable bonds is 5. The summed E-state index contributed by atoms with van der Waals surface area (Å²) in [6.45, 7) is 2.25. The Labute approximate surface area is 120 Å². The van der Waals surface area contributed by atoms with E-state index in [1.807, 2.05) is 0 Å². The fourth-order valence-corrected chi connectivity index (χ4v) is 2.08. The number of halogens is 1. The van der Waals surface area contributed by atoms with Crippen molar-refractivity contribution in [2.75, 3.05) is 0 Å². The lowest BCUT2D eigenvalue weighted by Gasteiger charge is -2.02. The Bertz CT molecular complexity index is 454. The van der Waals surface area contributed by atoms with E-state index in [0.717, 1.165) is 6.42 Å². The Balaban J connectivity index is 0.00000162. The van der Waals surface area contributed by atoms with Crippen molar-refractivity contribution in [1.29, 1.82) is 0 Å². The van der Waals surface area contributed by atoms with Crippen LogP contribution in [0.3, 0.4) is 0 Å². The summed E-state index contributed by atoms with van der Waals surface area (Å²) in [6.07, 6.45) is 7.16. The van der Waals surface area contributed by atoms with E-state index in [4.69, 9.17) is 0 Å². The molecule has 1 nitrogen and oxygen atoms in total. The van der Waals surface area contributed by atoms with Crippen molar-refractivity contribution >= 4 is 0 Å². The van der Waals surface area contributed by atoms with E-state index >= 15 is 0 Å². The molecule has 1 heterocycles. The third-order valence-corrected chi connectivity index (χ3v) is 3.02. The maximum atomic E-state index is 2.29. The highest BCUT2D eigenvalue weighted by Gasteiger charge is 2.11. The number of hydrogen-bond donors (Lipinski definition) is 0. The van der Waals surface area contributed by atoms with Crippen LogP contribution in [0.1, 0.15) is 31.9 Å². The highest BCUT2D eigenvalue weighted by molar-refractivity contribution is 5.22. The lowest BCUT2D eigenvalue weighted by molar-refractivity contribution is -0.604. The van der Waals surface area contributed by atoms with Gasteiger partial charge >= 0.3 is 0 Å². The van der Waals surface area contributed by atoms with Crippen molar-refractivity contribution < 1.29 is 21.5 Å². The molecule has 2 aromatic rings. The van der Waals surface area contributed by atoms with Gasteiger partial charge in [0.1, 0.15) is 0 Å². The van der Waals surface area contributed by atoms with Crippen LogP contribution in [0.5, 0.6) is 0 Å². The average Bonchev–Trinajstić information content (AvgIpc) is 2.41. The zero-order chi connectivity index (χ0) is 11.9. The van der Waals surface area contributed by atoms with E-state index in [9.17, 15) is 0 Å². The summed E-state index contributed by atoms with van der Waals surface area (Å²) in [5.74, 6) is 0. The maximum Gasteiger partial charge on any atom is 0.210 e. The normalized spacial score (nSPS) is 9.83. The summed E-state index contributed by atoms with van der Waals surface area (Å²) >= 11 is 0. The van der Waals surface area contributed by atoms with Gasteiger partial charge in [-0.3, -0.25) is 0 Å². The number of benzene rings is 1. The molecule has 18 heavy (non-hydrogen) atoms. The molecule has 2 rings (SSSR count). The maximum absolute atomic E-state index is 2.29. The minimum Gasteiger partial charge on any atom is -1.00 e. The lowest BCUT2D eigenvalue weighted by Crippen LogP contribution is -3.00. The highest BCUT2D eigenvalue weighted by atomic mass is 79.9. The zero-order valence-corrected chi connectivity index (χ0v) is 12.4. The predicted octanol–water partition coefficient (Wildman–Crippen LogP) is 0.700. The molecule has 1 aromatic carbocycles. The van der Waals surface area contributed by atoms with E-state index < -0.39 is 0 Å². The number of aryl methyl sites for hydroxylation is 1. The Hall–Kier alpha value is -1.15. The molecule has 0 saturated heterocycles. The predicted molar refractivity (Wildman–Crippen MR) is 71.2 cm³/mol. The van der Waals surface area contributed by atoms with Crippen LogP contribution >= 0.6 is 0 Å². The van der Waals surface area contributed by atoms with Gasteiger partial charge in [-0.1, -0.05) is 44.0 Å². The van der Waals surface area contributed by atoms with Crippen LogP contribution in [0.15, 0.2) is 54.7 Å². The molecule has 96 valence electrons. The molecule has 0 aliphatic heterocycles. The number of aromatic nitrogens is 1. The van der Waals surface area contributed by atoms with Crippen LogP contribution in [0.25, 0.3) is 5.69 Å². The van der Waals surface area contributed by atoms with Gasteiger partial charge in [-0.05, 0) is 6.42 Å². The van der Waals surface area contributed by atoms with Gasteiger partial charge in [0.15, 0.2) is 11.9 Å². The second-order valence-corrected chi connectivity index (χ2v) is 4.35. The molecule has 0 radical (unpaired) electrons. The molecular formula is C16H20BrN. The standard InChI is InChI=1S/C16H20N.BrH/c1-2-3-5-10-15-13-8-9-14-17(15)16-11-6-4-7-12-16;/h4,6-9,11-14H,2-3,5,10H2,1H3;1H/q+1;/p-1. The first-order valence-electron chi connectivity index (χ1n) is 6.47. The van der Waals surface area contributed by atoms with Crippen molar-refractivity contribution in [3.8, 4) is 5.69 Å². The molecule has 0 bridgehead atoms. The minimum atomic E-state index is 0. The number of pyridine rings is 1. The van der Waals surface area contributed by atoms with Gasteiger partial charge in [0.2, 0.25) is 5.69 Å². The first-order chi connectivity index (χ1) is 8.42.